The number of halogens is 2. The van der Waals surface area contributed by atoms with Gasteiger partial charge in [0.1, 0.15) is 0 Å². The van der Waals surface area contributed by atoms with Crippen LogP contribution in [0.4, 0.5) is 8.78 Å². The van der Waals surface area contributed by atoms with Crippen molar-refractivity contribution in [2.45, 2.75) is 57.8 Å². The summed E-state index contributed by atoms with van der Waals surface area (Å²) in [5.74, 6) is -0.685. The van der Waals surface area contributed by atoms with E-state index < -0.39 is 11.6 Å². The number of rotatable bonds is 7. The molecule has 0 spiro atoms. The minimum Gasteiger partial charge on any atom is -0.490 e. The third-order valence-electron chi connectivity index (χ3n) is 4.60. The zero-order valence-corrected chi connectivity index (χ0v) is 13.4. The molecule has 0 aliphatic heterocycles. The molecule has 0 bridgehead atoms. The Morgan fingerprint density at radius 1 is 1.18 bits per heavy atom. The largest absolute Gasteiger partial charge is 0.490 e. The minimum absolute atomic E-state index is 0.0303. The highest BCUT2D eigenvalue weighted by molar-refractivity contribution is 5.33. The van der Waals surface area contributed by atoms with Gasteiger partial charge in [-0.3, -0.25) is 0 Å². The molecule has 22 heavy (non-hydrogen) atoms. The molecule has 0 saturated heterocycles. The zero-order valence-electron chi connectivity index (χ0n) is 13.4. The van der Waals surface area contributed by atoms with E-state index in [1.807, 2.05) is 13.0 Å². The summed E-state index contributed by atoms with van der Waals surface area (Å²) < 4.78 is 33.6. The molecule has 122 valence electrons. The van der Waals surface area contributed by atoms with E-state index in [0.717, 1.165) is 44.9 Å². The standard InChI is InChI=1S/C19H26F2O/c1-3-5-6-14-7-9-15(10-8-14)16-11-12-17(22-13-4-2)19(21)18(16)20/h3,11-12,14-15H,1,4-10,13H2,2H3. The first-order valence-corrected chi connectivity index (χ1v) is 8.38. The lowest BCUT2D eigenvalue weighted by Gasteiger charge is -2.29. The highest BCUT2D eigenvalue weighted by Gasteiger charge is 2.26. The molecule has 2 rings (SSSR count). The lowest BCUT2D eigenvalue weighted by molar-refractivity contribution is 0.288. The highest BCUT2D eigenvalue weighted by atomic mass is 19.2. The van der Waals surface area contributed by atoms with Crippen LogP contribution in [0.25, 0.3) is 0 Å². The summed E-state index contributed by atoms with van der Waals surface area (Å²) in [6.07, 6.45) is 8.99. The van der Waals surface area contributed by atoms with Crippen LogP contribution in [0.5, 0.6) is 5.75 Å². The number of hydrogen-bond acceptors (Lipinski definition) is 1. The van der Waals surface area contributed by atoms with Gasteiger partial charge in [-0.05, 0) is 68.4 Å². The Bertz CT molecular complexity index is 490. The molecule has 1 aliphatic rings. The van der Waals surface area contributed by atoms with Gasteiger partial charge < -0.3 is 4.74 Å². The van der Waals surface area contributed by atoms with E-state index in [1.54, 1.807) is 12.1 Å². The van der Waals surface area contributed by atoms with Crippen LogP contribution in [-0.2, 0) is 0 Å². The minimum atomic E-state index is -0.834. The van der Waals surface area contributed by atoms with Crippen molar-refractivity contribution in [3.8, 4) is 5.75 Å². The SMILES string of the molecule is C=CCCC1CCC(c2ccc(OCCC)c(F)c2F)CC1. The zero-order chi connectivity index (χ0) is 15.9. The fourth-order valence-electron chi connectivity index (χ4n) is 3.30. The van der Waals surface area contributed by atoms with Gasteiger partial charge in [0.2, 0.25) is 5.82 Å². The molecular weight excluding hydrogens is 282 g/mol. The predicted molar refractivity (Wildman–Crippen MR) is 86.3 cm³/mol. The van der Waals surface area contributed by atoms with E-state index in [9.17, 15) is 8.78 Å². The van der Waals surface area contributed by atoms with E-state index in [0.29, 0.717) is 18.1 Å². The van der Waals surface area contributed by atoms with Gasteiger partial charge in [0.05, 0.1) is 6.61 Å². The molecule has 1 aliphatic carbocycles. The Hall–Kier alpha value is -1.38. The second-order valence-corrected chi connectivity index (χ2v) is 6.21. The van der Waals surface area contributed by atoms with Gasteiger partial charge in [-0.25, -0.2) is 4.39 Å². The maximum atomic E-state index is 14.3. The Morgan fingerprint density at radius 3 is 2.55 bits per heavy atom. The van der Waals surface area contributed by atoms with Gasteiger partial charge in [-0.1, -0.05) is 19.1 Å². The van der Waals surface area contributed by atoms with E-state index in [4.69, 9.17) is 4.74 Å². The van der Waals surface area contributed by atoms with Gasteiger partial charge in [0.25, 0.3) is 0 Å². The number of hydrogen-bond donors (Lipinski definition) is 0. The van der Waals surface area contributed by atoms with Crippen molar-refractivity contribution in [1.82, 2.24) is 0 Å². The van der Waals surface area contributed by atoms with E-state index >= 15 is 0 Å². The fraction of sp³-hybridized carbons (Fsp3) is 0.579. The molecule has 0 unspecified atom stereocenters. The fourth-order valence-corrected chi connectivity index (χ4v) is 3.30. The molecule has 3 heteroatoms. The van der Waals surface area contributed by atoms with Crippen LogP contribution in [0.3, 0.4) is 0 Å². The molecule has 0 radical (unpaired) electrons. The molecule has 1 fully saturated rings. The first-order valence-electron chi connectivity index (χ1n) is 8.38. The van der Waals surface area contributed by atoms with Crippen molar-refractivity contribution in [2.24, 2.45) is 5.92 Å². The van der Waals surface area contributed by atoms with E-state index in [-0.39, 0.29) is 11.7 Å². The molecule has 0 amide bonds. The second-order valence-electron chi connectivity index (χ2n) is 6.21. The molecule has 1 nitrogen and oxygen atoms in total. The summed E-state index contributed by atoms with van der Waals surface area (Å²) in [5.41, 5.74) is 0.517. The van der Waals surface area contributed by atoms with E-state index in [2.05, 4.69) is 6.58 Å². The molecular formula is C19H26F2O. The summed E-state index contributed by atoms with van der Waals surface area (Å²) in [6, 6.07) is 3.28. The Kier molecular flexibility index (Phi) is 6.41. The van der Waals surface area contributed by atoms with Gasteiger partial charge in [0.15, 0.2) is 11.6 Å². The normalized spacial score (nSPS) is 21.6. The van der Waals surface area contributed by atoms with E-state index in [1.165, 1.54) is 0 Å². The molecule has 0 heterocycles. The average molecular weight is 308 g/mol. The molecule has 1 aromatic rings. The monoisotopic (exact) mass is 308 g/mol. The quantitative estimate of drug-likeness (QED) is 0.562. The van der Waals surface area contributed by atoms with Gasteiger partial charge in [-0.2, -0.15) is 4.39 Å². The smallest absolute Gasteiger partial charge is 0.200 e. The summed E-state index contributed by atoms with van der Waals surface area (Å²) in [6.45, 7) is 6.10. The van der Waals surface area contributed by atoms with Crippen molar-refractivity contribution in [3.63, 3.8) is 0 Å². The van der Waals surface area contributed by atoms with Gasteiger partial charge >= 0.3 is 0 Å². The van der Waals surface area contributed by atoms with Crippen LogP contribution >= 0.6 is 0 Å². The predicted octanol–water partition coefficient (Wildman–Crippen LogP) is 5.99. The number of ether oxygens (including phenoxy) is 1. The van der Waals surface area contributed by atoms with Crippen LogP contribution in [-0.4, -0.2) is 6.61 Å². The number of benzene rings is 1. The van der Waals surface area contributed by atoms with Crippen LogP contribution in [0.15, 0.2) is 24.8 Å². The maximum absolute atomic E-state index is 14.3. The molecule has 0 N–H and O–H groups in total. The summed E-state index contributed by atoms with van der Waals surface area (Å²) >= 11 is 0. The van der Waals surface area contributed by atoms with Crippen LogP contribution in [0, 0.1) is 17.6 Å². The van der Waals surface area contributed by atoms with Crippen molar-refractivity contribution in [2.75, 3.05) is 6.61 Å². The third kappa shape index (κ3) is 4.08. The van der Waals surface area contributed by atoms with Crippen molar-refractivity contribution < 1.29 is 13.5 Å². The lowest BCUT2D eigenvalue weighted by atomic mass is 9.77. The van der Waals surface area contributed by atoms with Crippen LogP contribution < -0.4 is 4.74 Å². The molecule has 0 atom stereocenters. The Balaban J connectivity index is 2.01. The first-order chi connectivity index (χ1) is 10.7. The number of allylic oxidation sites excluding steroid dienone is 1. The van der Waals surface area contributed by atoms with Gasteiger partial charge in [0, 0.05) is 0 Å². The Morgan fingerprint density at radius 2 is 1.91 bits per heavy atom. The first kappa shape index (κ1) is 17.0. The van der Waals surface area contributed by atoms with Crippen LogP contribution in [0.1, 0.15) is 63.4 Å². The van der Waals surface area contributed by atoms with Crippen molar-refractivity contribution >= 4 is 0 Å². The molecule has 1 saturated carbocycles. The van der Waals surface area contributed by atoms with Crippen molar-refractivity contribution in [1.29, 1.82) is 0 Å². The Labute approximate surface area is 132 Å². The molecule has 0 aromatic heterocycles. The second kappa shape index (κ2) is 8.30. The molecule has 1 aromatic carbocycles. The van der Waals surface area contributed by atoms with Crippen molar-refractivity contribution in [3.05, 3.63) is 42.0 Å². The van der Waals surface area contributed by atoms with Crippen LogP contribution in [0.2, 0.25) is 0 Å². The average Bonchev–Trinajstić information content (AvgIpc) is 2.55. The lowest BCUT2D eigenvalue weighted by Crippen LogP contribution is -2.15. The third-order valence-corrected chi connectivity index (χ3v) is 4.60. The topological polar surface area (TPSA) is 9.23 Å². The summed E-state index contributed by atoms with van der Waals surface area (Å²) in [5, 5.41) is 0. The maximum Gasteiger partial charge on any atom is 0.200 e. The highest BCUT2D eigenvalue weighted by Crippen LogP contribution is 2.39. The summed E-state index contributed by atoms with van der Waals surface area (Å²) in [7, 11) is 0. The summed E-state index contributed by atoms with van der Waals surface area (Å²) in [4.78, 5) is 0. The van der Waals surface area contributed by atoms with Gasteiger partial charge in [-0.15, -0.1) is 6.58 Å².